The van der Waals surface area contributed by atoms with E-state index in [2.05, 4.69) is 10.1 Å². The third kappa shape index (κ3) is 2.48. The van der Waals surface area contributed by atoms with Gasteiger partial charge in [-0.05, 0) is 18.1 Å². The topological polar surface area (TPSA) is 60.2 Å². The lowest BCUT2D eigenvalue weighted by Gasteiger charge is -2.35. The van der Waals surface area contributed by atoms with Crippen LogP contribution < -0.4 is 0 Å². The van der Waals surface area contributed by atoms with Gasteiger partial charge < -0.3 is 9.64 Å². The first-order valence-electron chi connectivity index (χ1n) is 7.04. The minimum Gasteiger partial charge on any atom is -0.382 e. The summed E-state index contributed by atoms with van der Waals surface area (Å²) < 4.78 is 20.3. The monoisotopic (exact) mass is 304 g/mol. The van der Waals surface area contributed by atoms with Crippen molar-refractivity contribution in [3.63, 3.8) is 0 Å². The fraction of sp³-hybridized carbons (Fsp3) is 0.400. The van der Waals surface area contributed by atoms with Gasteiger partial charge in [0.1, 0.15) is 0 Å². The quantitative estimate of drug-likeness (QED) is 0.803. The van der Waals surface area contributed by atoms with Crippen LogP contribution in [0.3, 0.4) is 0 Å². The van der Waals surface area contributed by atoms with Gasteiger partial charge in [-0.2, -0.15) is 9.49 Å². The van der Waals surface area contributed by atoms with Gasteiger partial charge in [-0.25, -0.2) is 4.98 Å². The molecule has 2 aromatic heterocycles. The second kappa shape index (κ2) is 5.84. The molecule has 0 saturated heterocycles. The zero-order valence-corrected chi connectivity index (χ0v) is 12.5. The molecule has 7 heteroatoms. The molecule has 0 fully saturated rings. The molecule has 1 amide bonds. The average Bonchev–Trinajstić information content (AvgIpc) is 2.89. The van der Waals surface area contributed by atoms with Crippen molar-refractivity contribution in [3.8, 4) is 0 Å². The van der Waals surface area contributed by atoms with E-state index in [1.54, 1.807) is 16.7 Å². The van der Waals surface area contributed by atoms with Crippen molar-refractivity contribution in [2.24, 2.45) is 7.05 Å². The number of hydrogen-bond donors (Lipinski definition) is 0. The number of carbonyl (C=O) groups is 1. The summed E-state index contributed by atoms with van der Waals surface area (Å²) in [5.74, 6) is -0.887. The number of pyridine rings is 1. The molecule has 1 aliphatic rings. The predicted octanol–water partition coefficient (Wildman–Crippen LogP) is 1.34. The summed E-state index contributed by atoms with van der Waals surface area (Å²) in [5.41, 5.74) is 2.38. The van der Waals surface area contributed by atoms with Gasteiger partial charge in [-0.15, -0.1) is 0 Å². The Morgan fingerprint density at radius 3 is 3.09 bits per heavy atom. The number of methoxy groups -OCH3 is 1. The number of hydrogen-bond acceptors (Lipinski definition) is 4. The van der Waals surface area contributed by atoms with E-state index < -0.39 is 5.95 Å². The third-order valence-electron chi connectivity index (χ3n) is 3.94. The molecular weight excluding hydrogens is 287 g/mol. The van der Waals surface area contributed by atoms with Crippen LogP contribution in [-0.4, -0.2) is 45.8 Å². The minimum atomic E-state index is -0.660. The van der Waals surface area contributed by atoms with Crippen LogP contribution in [0.4, 0.5) is 4.39 Å². The highest BCUT2D eigenvalue weighted by molar-refractivity contribution is 5.94. The zero-order chi connectivity index (χ0) is 15.7. The number of halogens is 1. The van der Waals surface area contributed by atoms with Crippen LogP contribution >= 0.6 is 0 Å². The first-order valence-corrected chi connectivity index (χ1v) is 7.04. The normalized spacial score (nSPS) is 17.4. The number of carbonyl (C=O) groups excluding carboxylic acids is 1. The molecule has 3 rings (SSSR count). The van der Waals surface area contributed by atoms with Crippen molar-refractivity contribution >= 4 is 5.91 Å². The smallest absolute Gasteiger partial charge is 0.254 e. The summed E-state index contributed by atoms with van der Waals surface area (Å²) in [4.78, 5) is 17.9. The van der Waals surface area contributed by atoms with Crippen LogP contribution in [0.5, 0.6) is 0 Å². The van der Waals surface area contributed by atoms with Crippen molar-refractivity contribution in [2.45, 2.75) is 12.5 Å². The Balaban J connectivity index is 1.96. The number of aryl methyl sites for hydroxylation is 1. The van der Waals surface area contributed by atoms with Crippen molar-refractivity contribution < 1.29 is 13.9 Å². The van der Waals surface area contributed by atoms with E-state index in [0.29, 0.717) is 18.7 Å². The highest BCUT2D eigenvalue weighted by atomic mass is 19.1. The van der Waals surface area contributed by atoms with Gasteiger partial charge in [-0.1, -0.05) is 0 Å². The molecular formula is C15H17FN4O2. The number of fused-ring (bicyclic) bond motifs is 1. The summed E-state index contributed by atoms with van der Waals surface area (Å²) in [6, 6.07) is 2.45. The Bertz CT molecular complexity index is 701. The first-order chi connectivity index (χ1) is 10.6. The standard InChI is InChI=1S/C15H17FN4O2/c1-19-14-11(8-18-19)4-6-20(12(14)9-22-2)15(21)10-3-5-17-13(16)7-10/h3,5,7-8,12H,4,6,9H2,1-2H3/t12-/m0/s1. The van der Waals surface area contributed by atoms with E-state index in [4.69, 9.17) is 4.74 Å². The second-order valence-electron chi connectivity index (χ2n) is 5.27. The lowest BCUT2D eigenvalue weighted by atomic mass is 9.99. The van der Waals surface area contributed by atoms with Gasteiger partial charge in [0.2, 0.25) is 5.95 Å². The molecule has 0 N–H and O–H groups in total. The molecule has 1 aliphatic heterocycles. The summed E-state index contributed by atoms with van der Waals surface area (Å²) in [5, 5.41) is 4.26. The Kier molecular flexibility index (Phi) is 3.89. The molecule has 2 aromatic rings. The molecule has 0 spiro atoms. The lowest BCUT2D eigenvalue weighted by Crippen LogP contribution is -2.42. The van der Waals surface area contributed by atoms with E-state index in [9.17, 15) is 9.18 Å². The van der Waals surface area contributed by atoms with Crippen molar-refractivity contribution in [1.29, 1.82) is 0 Å². The SMILES string of the molecule is COC[C@H]1c2c(cnn2C)CCN1C(=O)c1ccnc(F)c1. The Hall–Kier alpha value is -2.28. The summed E-state index contributed by atoms with van der Waals surface area (Å²) in [7, 11) is 3.45. The molecule has 22 heavy (non-hydrogen) atoms. The van der Waals surface area contributed by atoms with Crippen molar-refractivity contribution in [1.82, 2.24) is 19.7 Å². The molecule has 0 aliphatic carbocycles. The number of ether oxygens (including phenoxy) is 1. The fourth-order valence-corrected chi connectivity index (χ4v) is 2.93. The number of amides is 1. The molecule has 0 radical (unpaired) electrons. The molecule has 6 nitrogen and oxygen atoms in total. The van der Waals surface area contributed by atoms with Gasteiger partial charge in [0, 0.05) is 38.5 Å². The molecule has 0 aromatic carbocycles. The summed E-state index contributed by atoms with van der Waals surface area (Å²) in [6.45, 7) is 0.918. The maximum atomic E-state index is 13.3. The molecule has 0 bridgehead atoms. The van der Waals surface area contributed by atoms with Gasteiger partial charge in [0.05, 0.1) is 24.5 Å². The Morgan fingerprint density at radius 2 is 2.36 bits per heavy atom. The minimum absolute atomic E-state index is 0.227. The van der Waals surface area contributed by atoms with E-state index in [1.807, 2.05) is 13.2 Å². The summed E-state index contributed by atoms with van der Waals surface area (Å²) >= 11 is 0. The van der Waals surface area contributed by atoms with Crippen LogP contribution in [0.25, 0.3) is 0 Å². The van der Waals surface area contributed by atoms with Gasteiger partial charge in [0.25, 0.3) is 5.91 Å². The fourth-order valence-electron chi connectivity index (χ4n) is 2.93. The molecule has 3 heterocycles. The summed E-state index contributed by atoms with van der Waals surface area (Å²) in [6.07, 6.45) is 3.85. The maximum absolute atomic E-state index is 13.3. The van der Waals surface area contributed by atoms with Gasteiger partial charge in [0.15, 0.2) is 0 Å². The van der Waals surface area contributed by atoms with Crippen LogP contribution in [0.1, 0.15) is 27.7 Å². The highest BCUT2D eigenvalue weighted by Gasteiger charge is 2.34. The van der Waals surface area contributed by atoms with Crippen molar-refractivity contribution in [2.75, 3.05) is 20.3 Å². The number of nitrogens with zero attached hydrogens (tertiary/aromatic N) is 4. The van der Waals surface area contributed by atoms with E-state index >= 15 is 0 Å². The zero-order valence-electron chi connectivity index (χ0n) is 12.5. The van der Waals surface area contributed by atoms with Crippen LogP contribution in [0, 0.1) is 5.95 Å². The van der Waals surface area contributed by atoms with Crippen molar-refractivity contribution in [3.05, 3.63) is 47.3 Å². The molecule has 0 saturated carbocycles. The number of rotatable bonds is 3. The lowest BCUT2D eigenvalue weighted by molar-refractivity contribution is 0.0484. The Morgan fingerprint density at radius 1 is 1.55 bits per heavy atom. The van der Waals surface area contributed by atoms with E-state index in [1.165, 1.54) is 12.3 Å². The van der Waals surface area contributed by atoms with Crippen LogP contribution in [0.2, 0.25) is 0 Å². The average molecular weight is 304 g/mol. The maximum Gasteiger partial charge on any atom is 0.254 e. The Labute approximate surface area is 127 Å². The predicted molar refractivity (Wildman–Crippen MR) is 76.8 cm³/mol. The van der Waals surface area contributed by atoms with Crippen LogP contribution in [-0.2, 0) is 18.2 Å². The first kappa shape index (κ1) is 14.6. The van der Waals surface area contributed by atoms with Crippen LogP contribution in [0.15, 0.2) is 24.5 Å². The highest BCUT2D eigenvalue weighted by Crippen LogP contribution is 2.30. The van der Waals surface area contributed by atoms with Gasteiger partial charge >= 0.3 is 0 Å². The third-order valence-corrected chi connectivity index (χ3v) is 3.94. The molecule has 116 valence electrons. The largest absolute Gasteiger partial charge is 0.382 e. The van der Waals surface area contributed by atoms with E-state index in [-0.39, 0.29) is 11.9 Å². The molecule has 0 unspecified atom stereocenters. The number of aromatic nitrogens is 3. The second-order valence-corrected chi connectivity index (χ2v) is 5.27. The molecule has 1 atom stereocenters. The van der Waals surface area contributed by atoms with E-state index in [0.717, 1.165) is 23.7 Å². The van der Waals surface area contributed by atoms with Gasteiger partial charge in [-0.3, -0.25) is 9.48 Å².